The summed E-state index contributed by atoms with van der Waals surface area (Å²) in [6.07, 6.45) is 2.85. The lowest BCUT2D eigenvalue weighted by atomic mass is 10.4. The minimum Gasteiger partial charge on any atom is -0.222 e. The molecule has 0 aliphatic heterocycles. The van der Waals surface area contributed by atoms with Crippen LogP contribution in [-0.4, -0.2) is 22.9 Å². The molecule has 6 heteroatoms. The van der Waals surface area contributed by atoms with E-state index in [0.29, 0.717) is 6.42 Å². The van der Waals surface area contributed by atoms with Crippen molar-refractivity contribution in [1.82, 2.24) is 8.75 Å². The van der Waals surface area contributed by atoms with Crippen LogP contribution < -0.4 is 0 Å². The van der Waals surface area contributed by atoms with Gasteiger partial charge in [0.15, 0.2) is 14.9 Å². The van der Waals surface area contributed by atoms with Gasteiger partial charge in [-0.3, -0.25) is 0 Å². The quantitative estimate of drug-likeness (QED) is 0.740. The maximum Gasteiger partial charge on any atom is 0.198 e. The molecule has 0 aliphatic carbocycles. The van der Waals surface area contributed by atoms with E-state index in [0.717, 1.165) is 18.1 Å². The van der Waals surface area contributed by atoms with E-state index in [1.807, 2.05) is 6.92 Å². The predicted molar refractivity (Wildman–Crippen MR) is 46.9 cm³/mol. The van der Waals surface area contributed by atoms with E-state index < -0.39 is 9.84 Å². The van der Waals surface area contributed by atoms with Crippen molar-refractivity contribution in [3.8, 4) is 0 Å². The standard InChI is InChI=1S/C6H10N2O2S2/c1-2-3-4-12(9,10)6-5-7-11-8-6/h5H,2-4H2,1H3. The smallest absolute Gasteiger partial charge is 0.198 e. The van der Waals surface area contributed by atoms with Crippen molar-refractivity contribution < 1.29 is 8.42 Å². The first-order chi connectivity index (χ1) is 5.67. The monoisotopic (exact) mass is 206 g/mol. The summed E-state index contributed by atoms with van der Waals surface area (Å²) in [6, 6.07) is 0. The molecule has 0 saturated heterocycles. The number of nitrogens with zero attached hydrogens (tertiary/aromatic N) is 2. The van der Waals surface area contributed by atoms with Gasteiger partial charge in [-0.15, -0.1) is 0 Å². The molecule has 12 heavy (non-hydrogen) atoms. The molecule has 0 N–H and O–H groups in total. The largest absolute Gasteiger partial charge is 0.222 e. The zero-order chi connectivity index (χ0) is 9.03. The first kappa shape index (κ1) is 9.60. The van der Waals surface area contributed by atoms with E-state index in [-0.39, 0.29) is 10.8 Å². The van der Waals surface area contributed by atoms with Crippen LogP contribution in [0.5, 0.6) is 0 Å². The summed E-state index contributed by atoms with van der Waals surface area (Å²) in [4.78, 5) is 0. The number of sulfone groups is 1. The van der Waals surface area contributed by atoms with Crippen molar-refractivity contribution in [3.05, 3.63) is 6.20 Å². The van der Waals surface area contributed by atoms with E-state index in [1.54, 1.807) is 0 Å². The van der Waals surface area contributed by atoms with Gasteiger partial charge in [0, 0.05) is 0 Å². The van der Waals surface area contributed by atoms with Gasteiger partial charge in [-0.05, 0) is 6.42 Å². The van der Waals surface area contributed by atoms with Gasteiger partial charge in [-0.1, -0.05) is 13.3 Å². The maximum absolute atomic E-state index is 11.4. The van der Waals surface area contributed by atoms with Crippen LogP contribution in [0.2, 0.25) is 0 Å². The molecule has 4 nitrogen and oxygen atoms in total. The Morgan fingerprint density at radius 2 is 2.33 bits per heavy atom. The van der Waals surface area contributed by atoms with Crippen LogP contribution in [-0.2, 0) is 9.84 Å². The average Bonchev–Trinajstić information content (AvgIpc) is 2.53. The van der Waals surface area contributed by atoms with Crippen LogP contribution in [0.1, 0.15) is 19.8 Å². The van der Waals surface area contributed by atoms with Crippen LogP contribution in [0, 0.1) is 0 Å². The van der Waals surface area contributed by atoms with Gasteiger partial charge in [-0.25, -0.2) is 8.42 Å². The Labute approximate surface area is 75.9 Å². The van der Waals surface area contributed by atoms with Crippen molar-refractivity contribution in [3.63, 3.8) is 0 Å². The van der Waals surface area contributed by atoms with Gasteiger partial charge >= 0.3 is 0 Å². The molecule has 1 aromatic heterocycles. The van der Waals surface area contributed by atoms with Crippen molar-refractivity contribution in [2.75, 3.05) is 5.75 Å². The Morgan fingerprint density at radius 1 is 1.58 bits per heavy atom. The van der Waals surface area contributed by atoms with Crippen LogP contribution in [0.25, 0.3) is 0 Å². The molecule has 0 unspecified atom stereocenters. The predicted octanol–water partition coefficient (Wildman–Crippen LogP) is 1.11. The first-order valence-electron chi connectivity index (χ1n) is 3.67. The average molecular weight is 206 g/mol. The molecule has 0 radical (unpaired) electrons. The Kier molecular flexibility index (Phi) is 3.16. The van der Waals surface area contributed by atoms with Gasteiger partial charge in [0.25, 0.3) is 0 Å². The number of rotatable bonds is 4. The molecule has 0 aromatic carbocycles. The highest BCUT2D eigenvalue weighted by Crippen LogP contribution is 2.09. The van der Waals surface area contributed by atoms with E-state index in [9.17, 15) is 8.42 Å². The molecule has 1 aromatic rings. The summed E-state index contributed by atoms with van der Waals surface area (Å²) < 4.78 is 30.0. The molecule has 0 amide bonds. The lowest BCUT2D eigenvalue weighted by molar-refractivity contribution is 0.590. The molecule has 1 heterocycles. The summed E-state index contributed by atoms with van der Waals surface area (Å²) in [5.41, 5.74) is 0. The fraction of sp³-hybridized carbons (Fsp3) is 0.667. The summed E-state index contributed by atoms with van der Waals surface area (Å²) in [7, 11) is -3.14. The number of unbranched alkanes of at least 4 members (excludes halogenated alkanes) is 1. The van der Waals surface area contributed by atoms with Crippen LogP contribution in [0.15, 0.2) is 11.2 Å². The SMILES string of the molecule is CCCCS(=O)(=O)c1cnsn1. The van der Waals surface area contributed by atoms with Crippen LogP contribution >= 0.6 is 11.7 Å². The Bertz CT molecular complexity index is 317. The molecule has 0 fully saturated rings. The normalized spacial score (nSPS) is 11.8. The molecule has 68 valence electrons. The molecule has 0 aliphatic rings. The third-order valence-electron chi connectivity index (χ3n) is 1.43. The first-order valence-corrected chi connectivity index (χ1v) is 6.05. The van der Waals surface area contributed by atoms with Gasteiger partial charge in [0.05, 0.1) is 23.7 Å². The third kappa shape index (κ3) is 2.25. The maximum atomic E-state index is 11.4. The van der Waals surface area contributed by atoms with Crippen LogP contribution in [0.4, 0.5) is 0 Å². The number of aromatic nitrogens is 2. The zero-order valence-corrected chi connectivity index (χ0v) is 8.36. The highest BCUT2D eigenvalue weighted by atomic mass is 32.2. The summed E-state index contributed by atoms with van der Waals surface area (Å²) in [6.45, 7) is 1.95. The molecular formula is C6H10N2O2S2. The number of hydrogen-bond donors (Lipinski definition) is 0. The molecule has 0 spiro atoms. The van der Waals surface area contributed by atoms with Gasteiger partial charge < -0.3 is 0 Å². The Balaban J connectivity index is 2.74. The highest BCUT2D eigenvalue weighted by molar-refractivity contribution is 7.91. The van der Waals surface area contributed by atoms with Crippen molar-refractivity contribution in [2.45, 2.75) is 24.8 Å². The van der Waals surface area contributed by atoms with Gasteiger partial charge in [0.2, 0.25) is 0 Å². The van der Waals surface area contributed by atoms with Crippen molar-refractivity contribution in [2.24, 2.45) is 0 Å². The van der Waals surface area contributed by atoms with Gasteiger partial charge in [0.1, 0.15) is 0 Å². The van der Waals surface area contributed by atoms with Crippen LogP contribution in [0.3, 0.4) is 0 Å². The lowest BCUT2D eigenvalue weighted by Gasteiger charge is -1.96. The summed E-state index contributed by atoms with van der Waals surface area (Å²) in [5.74, 6) is 0.176. The van der Waals surface area contributed by atoms with Gasteiger partial charge in [-0.2, -0.15) is 8.75 Å². The molecule has 0 bridgehead atoms. The van der Waals surface area contributed by atoms with E-state index >= 15 is 0 Å². The fourth-order valence-corrected chi connectivity index (χ4v) is 2.77. The van der Waals surface area contributed by atoms with E-state index in [2.05, 4.69) is 8.75 Å². The molecule has 0 atom stereocenters. The topological polar surface area (TPSA) is 59.9 Å². The summed E-state index contributed by atoms with van der Waals surface area (Å²) in [5, 5.41) is 0.112. The second-order valence-electron chi connectivity index (χ2n) is 2.42. The third-order valence-corrected chi connectivity index (χ3v) is 3.68. The summed E-state index contributed by atoms with van der Waals surface area (Å²) >= 11 is 0.921. The Morgan fingerprint density at radius 3 is 2.83 bits per heavy atom. The minimum atomic E-state index is -3.14. The minimum absolute atomic E-state index is 0.112. The van der Waals surface area contributed by atoms with Crippen molar-refractivity contribution in [1.29, 1.82) is 0 Å². The highest BCUT2D eigenvalue weighted by Gasteiger charge is 2.15. The van der Waals surface area contributed by atoms with E-state index in [1.165, 1.54) is 6.20 Å². The fourth-order valence-electron chi connectivity index (χ4n) is 0.732. The zero-order valence-electron chi connectivity index (χ0n) is 6.73. The number of hydrogen-bond acceptors (Lipinski definition) is 5. The van der Waals surface area contributed by atoms with E-state index in [4.69, 9.17) is 0 Å². The molecule has 1 rings (SSSR count). The Hall–Kier alpha value is -0.490. The van der Waals surface area contributed by atoms with Crippen molar-refractivity contribution >= 4 is 21.6 Å². The second-order valence-corrected chi connectivity index (χ2v) is 5.03. The lowest BCUT2D eigenvalue weighted by Crippen LogP contribution is -2.06. The molecule has 0 saturated carbocycles. The second kappa shape index (κ2) is 3.95. The molecular weight excluding hydrogens is 196 g/mol.